The van der Waals surface area contributed by atoms with Crippen LogP contribution in [0.25, 0.3) is 0 Å². The maximum absolute atomic E-state index is 12.2. The summed E-state index contributed by atoms with van der Waals surface area (Å²) in [5.74, 6) is -41.1. The van der Waals surface area contributed by atoms with Gasteiger partial charge in [0.15, 0.2) is 66.9 Å². The Morgan fingerprint density at radius 1 is 0.269 bits per heavy atom. The average Bonchev–Trinajstić information content (AvgIpc) is 0.739. The second-order valence-corrected chi connectivity index (χ2v) is 32.9. The lowest BCUT2D eigenvalue weighted by molar-refractivity contribution is -0.597. The molecule has 0 aliphatic heterocycles. The minimum atomic E-state index is -7.43. The zero-order valence-electron chi connectivity index (χ0n) is 53.6. The van der Waals surface area contributed by atoms with Crippen LogP contribution in [0, 0.1) is 34.8 Å². The van der Waals surface area contributed by atoms with Crippen LogP contribution in [0.3, 0.4) is 0 Å². The fraction of sp³-hybridized carbons (Fsp3) is 0.250. The van der Waals surface area contributed by atoms with Gasteiger partial charge in [0.25, 0.3) is 0 Å². The van der Waals surface area contributed by atoms with Gasteiger partial charge in [-0.2, -0.15) is 119 Å². The molecule has 0 aliphatic carbocycles. The third kappa shape index (κ3) is 19.3. The van der Waals surface area contributed by atoms with Crippen LogP contribution in [0.2, 0.25) is 0 Å². The SMILES string of the molecule is Cc1ccccc1[S+](c1ccc(Oc2ccc([I+]c3ccc(Oc4ccc([S+](c5ccccc5C)c5ccccc5C)cc4)cc3)cc2)cc1)c1ccccc1C.O=S(=O)([O-])C(F)(F)C(F)(F)C(F)(F)C(F)(F)F.O=S(=O)([O-])C(F)(F)C(F)(F)C(F)(F)C(F)(F)F.O=S(=O)([O-])C(F)(F)C(F)(F)C(F)(F)C(F)(F)F. The normalized spacial score (nSPS) is 13.5. The van der Waals surface area contributed by atoms with Crippen molar-refractivity contribution in [3.8, 4) is 23.0 Å². The van der Waals surface area contributed by atoms with Gasteiger partial charge < -0.3 is 23.1 Å². The molecule has 0 N–H and O–H groups in total. The summed E-state index contributed by atoms with van der Waals surface area (Å²) in [4.78, 5) is 7.98. The largest absolute Gasteiger partial charge is 0.743 e. The van der Waals surface area contributed by atoms with Crippen LogP contribution < -0.4 is 30.7 Å². The highest BCUT2D eigenvalue weighted by atomic mass is 127. The maximum Gasteiger partial charge on any atom is 0.460 e. The van der Waals surface area contributed by atoms with Crippen LogP contribution in [0.15, 0.2) is 223 Å². The standard InChI is InChI=1S/C52H44IO2S2.3C4HF9O3S/c1-37-13-5-9-17-49(37)56(50-18-10-6-14-38(50)2)47-33-29-45(30-34-47)54-43-25-21-41(22-26-43)53-42-23-27-44(28-24-42)55-46-31-35-48(36-32-46)57(51-19-11-7-15-39(51)3)52-20-12-8-16-40(52)4;3*5-1(6,3(9,10)11)2(7,8)4(12,13)17(14,15)16/h5-36H,1-4H3;3*(H,14,15,16)/q+3;;;/p-3. The predicted molar refractivity (Wildman–Crippen MR) is 324 cm³/mol. The Kier molecular flexibility index (Phi) is 27.8. The zero-order chi connectivity index (χ0) is 82.6. The van der Waals surface area contributed by atoms with E-state index in [9.17, 15) is 157 Å². The van der Waals surface area contributed by atoms with Crippen molar-refractivity contribution in [3.63, 3.8) is 0 Å². The molecule has 0 radical (unpaired) electrons. The molecule has 0 unspecified atom stereocenters. The molecule has 8 aromatic rings. The smallest absolute Gasteiger partial charge is 0.460 e. The molecule has 0 saturated carbocycles. The van der Waals surface area contributed by atoms with Gasteiger partial charge in [-0.25, -0.2) is 25.3 Å². The van der Waals surface area contributed by atoms with Crippen molar-refractivity contribution in [1.29, 1.82) is 0 Å². The van der Waals surface area contributed by atoms with E-state index in [2.05, 4.69) is 222 Å². The van der Waals surface area contributed by atoms with Crippen LogP contribution in [-0.2, 0) is 52.1 Å². The van der Waals surface area contributed by atoms with E-state index in [4.69, 9.17) is 9.47 Å². The number of ether oxygens (including phenoxy) is 2. The van der Waals surface area contributed by atoms with E-state index in [0.717, 1.165) is 23.0 Å². The molecule has 0 aromatic heterocycles. The van der Waals surface area contributed by atoms with Crippen molar-refractivity contribution < 1.29 is 188 Å². The summed E-state index contributed by atoms with van der Waals surface area (Å²) in [5.41, 5.74) is 5.22. The molecular weight excluding hydrogens is 1740 g/mol. The molecule has 0 heterocycles. The van der Waals surface area contributed by atoms with Gasteiger partial charge in [0.05, 0.1) is 21.8 Å². The van der Waals surface area contributed by atoms with Gasteiger partial charge in [0, 0.05) is 22.3 Å². The van der Waals surface area contributed by atoms with Crippen molar-refractivity contribution >= 4 is 52.1 Å². The quantitative estimate of drug-likeness (QED) is 0.0288. The minimum Gasteiger partial charge on any atom is -0.743 e. The number of rotatable bonds is 21. The molecule has 108 heavy (non-hydrogen) atoms. The maximum atomic E-state index is 12.2. The molecule has 44 heteroatoms. The first-order valence-electron chi connectivity index (χ1n) is 28.5. The Balaban J connectivity index is 0.000000333. The highest BCUT2D eigenvalue weighted by Gasteiger charge is 2.86. The first-order valence-corrected chi connectivity index (χ1v) is 37.3. The van der Waals surface area contributed by atoms with Gasteiger partial charge in [-0.3, -0.25) is 0 Å². The summed E-state index contributed by atoms with van der Waals surface area (Å²) in [6.07, 6.45) is -21.5. The minimum absolute atomic E-state index is 0.203. The van der Waals surface area contributed by atoms with Crippen molar-refractivity contribution in [1.82, 2.24) is 0 Å². The Morgan fingerprint density at radius 2 is 0.444 bits per heavy atom. The summed E-state index contributed by atoms with van der Waals surface area (Å²) < 4.78 is 422. The number of hydrogen-bond acceptors (Lipinski definition) is 11. The van der Waals surface area contributed by atoms with Crippen LogP contribution in [0.4, 0.5) is 119 Å². The van der Waals surface area contributed by atoms with E-state index in [-0.39, 0.29) is 43.0 Å². The highest BCUT2D eigenvalue weighted by molar-refractivity contribution is 7.97. The number of benzene rings is 8. The molecule has 0 amide bonds. The van der Waals surface area contributed by atoms with Crippen LogP contribution >= 0.6 is 0 Å². The Morgan fingerprint density at radius 3 is 0.611 bits per heavy atom. The number of halogens is 28. The summed E-state index contributed by atoms with van der Waals surface area (Å²) in [7, 11) is -22.7. The number of aryl methyl sites for hydroxylation is 4. The second-order valence-electron chi connectivity index (χ2n) is 21.7. The van der Waals surface area contributed by atoms with Gasteiger partial charge in [0.2, 0.25) is 0 Å². The molecule has 592 valence electrons. The van der Waals surface area contributed by atoms with Gasteiger partial charge in [-0.05, 0) is 149 Å². The van der Waals surface area contributed by atoms with Crippen molar-refractivity contribution in [2.45, 2.75) is 127 Å². The lowest BCUT2D eigenvalue weighted by atomic mass is 10.1. The fourth-order valence-electron chi connectivity index (χ4n) is 8.26. The second kappa shape index (κ2) is 32.9. The Labute approximate surface area is 610 Å². The van der Waals surface area contributed by atoms with Crippen molar-refractivity contribution in [2.75, 3.05) is 0 Å². The molecule has 0 saturated heterocycles. The van der Waals surface area contributed by atoms with Gasteiger partial charge in [0.1, 0.15) is 23.0 Å². The van der Waals surface area contributed by atoms with Gasteiger partial charge >= 0.3 is 91.0 Å². The first-order chi connectivity index (χ1) is 48.9. The molecule has 8 rings (SSSR count). The third-order valence-corrected chi connectivity index (χ3v) is 24.4. The Hall–Kier alpha value is -7.37. The number of alkyl halides is 27. The zero-order valence-corrected chi connectivity index (χ0v) is 59.8. The molecule has 0 atom stereocenters. The molecule has 8 aromatic carbocycles. The first kappa shape index (κ1) is 91.2. The van der Waals surface area contributed by atoms with Gasteiger partial charge in [-0.15, -0.1) is 0 Å². The highest BCUT2D eigenvalue weighted by Crippen LogP contribution is 2.57. The van der Waals surface area contributed by atoms with E-state index in [1.165, 1.54) is 58.8 Å². The summed E-state index contributed by atoms with van der Waals surface area (Å²) >= 11 is -0.353. The number of hydrogen-bond donors (Lipinski definition) is 0. The summed E-state index contributed by atoms with van der Waals surface area (Å²) in [6, 6.07) is 69.2. The van der Waals surface area contributed by atoms with E-state index < -0.39 is 100 Å². The summed E-state index contributed by atoms with van der Waals surface area (Å²) in [5, 5.41) is -21.3. The Bertz CT molecular complexity index is 4310. The van der Waals surface area contributed by atoms with E-state index >= 15 is 0 Å². The molecular formula is C64H44F27IO11S5. The fourth-order valence-corrected chi connectivity index (χ4v) is 16.5. The van der Waals surface area contributed by atoms with Crippen LogP contribution in [0.1, 0.15) is 22.3 Å². The van der Waals surface area contributed by atoms with E-state index in [0.29, 0.717) is 0 Å². The monoisotopic (exact) mass is 1790 g/mol. The van der Waals surface area contributed by atoms with Crippen molar-refractivity contribution in [3.05, 3.63) is 224 Å². The molecule has 0 fully saturated rings. The predicted octanol–water partition coefficient (Wildman–Crippen LogP) is 16.7. The van der Waals surface area contributed by atoms with Crippen molar-refractivity contribution in [2.24, 2.45) is 0 Å². The topological polar surface area (TPSA) is 190 Å². The van der Waals surface area contributed by atoms with Crippen LogP contribution in [-0.4, -0.2) is 109 Å². The van der Waals surface area contributed by atoms with Gasteiger partial charge in [-0.1, -0.05) is 72.8 Å². The lowest BCUT2D eigenvalue weighted by Crippen LogP contribution is -3.61. The summed E-state index contributed by atoms with van der Waals surface area (Å²) in [6.45, 7) is 8.82. The molecule has 0 bridgehead atoms. The lowest BCUT2D eigenvalue weighted by Gasteiger charge is -2.34. The van der Waals surface area contributed by atoms with Crippen LogP contribution in [0.5, 0.6) is 23.0 Å². The molecule has 11 nitrogen and oxygen atoms in total. The van der Waals surface area contributed by atoms with E-state index in [1.807, 2.05) is 0 Å². The van der Waals surface area contributed by atoms with E-state index in [1.54, 1.807) is 0 Å². The third-order valence-electron chi connectivity index (χ3n) is 14.0. The molecule has 0 spiro atoms. The average molecular weight is 1790 g/mol. The molecule has 0 aliphatic rings.